The number of fused-ring (bicyclic) bond motifs is 1. The van der Waals surface area contributed by atoms with Crippen molar-refractivity contribution in [3.63, 3.8) is 0 Å². The van der Waals surface area contributed by atoms with Crippen LogP contribution >= 0.6 is 0 Å². The number of piperidine rings is 1. The summed E-state index contributed by atoms with van der Waals surface area (Å²) < 4.78 is 60.4. The maximum Gasteiger partial charge on any atom is 0.423 e. The molecule has 1 aromatic heterocycles. The summed E-state index contributed by atoms with van der Waals surface area (Å²) in [6, 6.07) is 2.76. The van der Waals surface area contributed by atoms with Crippen LogP contribution in [0.2, 0.25) is 0 Å². The number of alkyl halides is 3. The fraction of sp³-hybridized carbons (Fsp3) is 0.476. The number of rotatable bonds is 4. The van der Waals surface area contributed by atoms with Gasteiger partial charge in [0.2, 0.25) is 5.91 Å². The first-order valence-corrected chi connectivity index (χ1v) is 10.2. The highest BCUT2D eigenvalue weighted by molar-refractivity contribution is 5.73. The molecule has 1 N–H and O–H groups in total. The number of benzene rings is 1. The van der Waals surface area contributed by atoms with Gasteiger partial charge in [-0.05, 0) is 42.0 Å². The first kappa shape index (κ1) is 22.1. The number of hydrogen-bond donors (Lipinski definition) is 1. The van der Waals surface area contributed by atoms with Gasteiger partial charge in [0.25, 0.3) is 5.56 Å². The number of halogens is 4. The Labute approximate surface area is 181 Å². The van der Waals surface area contributed by atoms with Gasteiger partial charge in [-0.25, -0.2) is 9.49 Å². The third-order valence-electron chi connectivity index (χ3n) is 5.97. The van der Waals surface area contributed by atoms with Crippen LogP contribution in [0.3, 0.4) is 0 Å². The van der Waals surface area contributed by atoms with E-state index in [9.17, 15) is 27.2 Å². The Morgan fingerprint density at radius 3 is 2.50 bits per heavy atom. The minimum absolute atomic E-state index is 0.0181. The lowest BCUT2D eigenvalue weighted by molar-refractivity contribution is -0.138. The van der Waals surface area contributed by atoms with E-state index in [0.29, 0.717) is 30.8 Å². The van der Waals surface area contributed by atoms with Gasteiger partial charge in [0.05, 0.1) is 18.5 Å². The smallest absolute Gasteiger partial charge is 0.423 e. The number of H-pyrrole nitrogens is 1. The standard InChI is InChI=1S/C21H22F4N4O3/c1-12(30)28-4-2-13(3-5-28)11-32-18-7-15-10-29(9-14(15)6-16(18)22)17-8-26-27-20(31)19(17)21(23,24)25/h6-8,13H,2-5,9-11H2,1H3,(H,27,31). The first-order valence-electron chi connectivity index (χ1n) is 10.2. The van der Waals surface area contributed by atoms with E-state index in [0.717, 1.165) is 19.0 Å². The fourth-order valence-electron chi connectivity index (χ4n) is 4.20. The van der Waals surface area contributed by atoms with Crippen LogP contribution in [-0.2, 0) is 24.1 Å². The molecule has 1 amide bonds. The average Bonchev–Trinajstić information content (AvgIpc) is 3.13. The number of hydrogen-bond acceptors (Lipinski definition) is 5. The predicted molar refractivity (Wildman–Crippen MR) is 107 cm³/mol. The van der Waals surface area contributed by atoms with Crippen LogP contribution in [0.1, 0.15) is 36.5 Å². The quantitative estimate of drug-likeness (QED) is 0.719. The molecular weight excluding hydrogens is 432 g/mol. The van der Waals surface area contributed by atoms with E-state index in [1.807, 2.05) is 5.10 Å². The molecule has 4 rings (SSSR count). The highest BCUT2D eigenvalue weighted by Crippen LogP contribution is 2.38. The molecule has 2 aromatic rings. The lowest BCUT2D eigenvalue weighted by Gasteiger charge is -2.31. The molecule has 32 heavy (non-hydrogen) atoms. The summed E-state index contributed by atoms with van der Waals surface area (Å²) in [5.41, 5.74) is -1.84. The average molecular weight is 454 g/mol. The monoisotopic (exact) mass is 454 g/mol. The number of ether oxygens (including phenoxy) is 1. The van der Waals surface area contributed by atoms with E-state index >= 15 is 0 Å². The van der Waals surface area contributed by atoms with Gasteiger partial charge < -0.3 is 14.5 Å². The van der Waals surface area contributed by atoms with Crippen molar-refractivity contribution in [3.8, 4) is 5.75 Å². The molecule has 11 heteroatoms. The number of aromatic nitrogens is 2. The highest BCUT2D eigenvalue weighted by Gasteiger charge is 2.39. The van der Waals surface area contributed by atoms with Crippen molar-refractivity contribution >= 4 is 11.6 Å². The maximum atomic E-state index is 14.6. The summed E-state index contributed by atoms with van der Waals surface area (Å²) in [5, 5.41) is 5.31. The zero-order valence-corrected chi connectivity index (χ0v) is 17.3. The third kappa shape index (κ3) is 4.42. The van der Waals surface area contributed by atoms with Gasteiger partial charge in [0.15, 0.2) is 11.6 Å². The summed E-state index contributed by atoms with van der Waals surface area (Å²) in [7, 11) is 0. The zero-order valence-electron chi connectivity index (χ0n) is 17.3. The Kier molecular flexibility index (Phi) is 5.83. The second kappa shape index (κ2) is 8.44. The van der Waals surface area contributed by atoms with Crippen molar-refractivity contribution in [1.29, 1.82) is 0 Å². The van der Waals surface area contributed by atoms with Gasteiger partial charge >= 0.3 is 6.18 Å². The number of amides is 1. The van der Waals surface area contributed by atoms with Crippen molar-refractivity contribution in [1.82, 2.24) is 15.1 Å². The van der Waals surface area contributed by atoms with Crippen LogP contribution in [0.25, 0.3) is 0 Å². The molecule has 3 heterocycles. The van der Waals surface area contributed by atoms with E-state index in [1.165, 1.54) is 24.0 Å². The highest BCUT2D eigenvalue weighted by atomic mass is 19.4. The number of nitrogens with one attached hydrogen (secondary N) is 1. The topological polar surface area (TPSA) is 78.5 Å². The van der Waals surface area contributed by atoms with Crippen molar-refractivity contribution in [3.05, 3.63) is 51.2 Å². The van der Waals surface area contributed by atoms with Crippen LogP contribution in [0.15, 0.2) is 23.1 Å². The Bertz CT molecular complexity index is 1080. The van der Waals surface area contributed by atoms with E-state index < -0.39 is 23.1 Å². The predicted octanol–water partition coefficient (Wildman–Crippen LogP) is 3.09. The number of carbonyl (C=O) groups excluding carboxylic acids is 1. The number of likely N-dealkylation sites (tertiary alicyclic amines) is 1. The Balaban J connectivity index is 1.47. The lowest BCUT2D eigenvalue weighted by atomic mass is 9.98. The second-order valence-electron chi connectivity index (χ2n) is 8.12. The molecule has 0 aliphatic carbocycles. The molecule has 0 bridgehead atoms. The Morgan fingerprint density at radius 2 is 1.88 bits per heavy atom. The molecule has 0 saturated carbocycles. The number of aromatic amines is 1. The summed E-state index contributed by atoms with van der Waals surface area (Å²) in [6.45, 7) is 3.18. The van der Waals surface area contributed by atoms with Crippen molar-refractivity contribution in [2.24, 2.45) is 5.92 Å². The van der Waals surface area contributed by atoms with E-state index in [2.05, 4.69) is 5.10 Å². The SMILES string of the molecule is CC(=O)N1CCC(COc2cc3c(cc2F)CN(c2cn[nH]c(=O)c2C(F)(F)F)C3)CC1. The molecule has 1 aromatic carbocycles. The van der Waals surface area contributed by atoms with E-state index in [4.69, 9.17) is 4.74 Å². The van der Waals surface area contributed by atoms with Gasteiger partial charge in [-0.2, -0.15) is 18.3 Å². The molecule has 172 valence electrons. The van der Waals surface area contributed by atoms with Crippen LogP contribution in [0.5, 0.6) is 5.75 Å². The molecule has 2 aliphatic heterocycles. The summed E-state index contributed by atoms with van der Waals surface area (Å²) in [5.74, 6) is -0.333. The van der Waals surface area contributed by atoms with Crippen molar-refractivity contribution < 1.29 is 27.1 Å². The molecule has 7 nitrogen and oxygen atoms in total. The molecule has 1 saturated heterocycles. The molecule has 0 spiro atoms. The van der Waals surface area contributed by atoms with Gasteiger partial charge in [-0.15, -0.1) is 0 Å². The lowest BCUT2D eigenvalue weighted by Crippen LogP contribution is -2.38. The second-order valence-corrected chi connectivity index (χ2v) is 8.12. The van der Waals surface area contributed by atoms with Crippen molar-refractivity contribution in [2.75, 3.05) is 24.6 Å². The minimum atomic E-state index is -4.85. The van der Waals surface area contributed by atoms with Gasteiger partial charge in [0, 0.05) is 33.1 Å². The van der Waals surface area contributed by atoms with Gasteiger partial charge in [-0.3, -0.25) is 9.59 Å². The van der Waals surface area contributed by atoms with Gasteiger partial charge in [0.1, 0.15) is 5.56 Å². The number of carbonyl (C=O) groups is 1. The molecule has 0 radical (unpaired) electrons. The summed E-state index contributed by atoms with van der Waals surface area (Å²) in [6.07, 6.45) is -2.37. The summed E-state index contributed by atoms with van der Waals surface area (Å²) in [4.78, 5) is 26.3. The Hall–Kier alpha value is -3.11. The molecule has 1 fully saturated rings. The Morgan fingerprint density at radius 1 is 1.22 bits per heavy atom. The first-order chi connectivity index (χ1) is 15.1. The van der Waals surface area contributed by atoms with Crippen LogP contribution < -0.4 is 15.2 Å². The van der Waals surface area contributed by atoms with Crippen LogP contribution in [0, 0.1) is 11.7 Å². The fourth-order valence-corrected chi connectivity index (χ4v) is 4.20. The van der Waals surface area contributed by atoms with Crippen LogP contribution in [0.4, 0.5) is 23.2 Å². The van der Waals surface area contributed by atoms with Crippen molar-refractivity contribution in [2.45, 2.75) is 39.0 Å². The number of nitrogens with zero attached hydrogens (tertiary/aromatic N) is 3. The molecule has 0 atom stereocenters. The van der Waals surface area contributed by atoms with E-state index in [1.54, 1.807) is 4.90 Å². The largest absolute Gasteiger partial charge is 0.490 e. The maximum absolute atomic E-state index is 14.6. The van der Waals surface area contributed by atoms with E-state index in [-0.39, 0.29) is 36.4 Å². The normalized spacial score (nSPS) is 16.9. The minimum Gasteiger partial charge on any atom is -0.490 e. The molecule has 2 aliphatic rings. The third-order valence-corrected chi connectivity index (χ3v) is 5.97. The summed E-state index contributed by atoms with van der Waals surface area (Å²) >= 11 is 0. The zero-order chi connectivity index (χ0) is 23.0. The molecular formula is C21H22F4N4O3. The number of anilines is 1. The molecule has 0 unspecified atom stereocenters. The van der Waals surface area contributed by atoms with Crippen LogP contribution in [-0.4, -0.2) is 40.7 Å². The van der Waals surface area contributed by atoms with Gasteiger partial charge in [-0.1, -0.05) is 0 Å².